The Morgan fingerprint density at radius 2 is 1.86 bits per heavy atom. The van der Waals surface area contributed by atoms with Crippen molar-refractivity contribution in [2.24, 2.45) is 5.73 Å². The van der Waals surface area contributed by atoms with Crippen molar-refractivity contribution in [3.8, 4) is 5.75 Å². The lowest BCUT2D eigenvalue weighted by Crippen LogP contribution is -2.60. The minimum absolute atomic E-state index is 0.140. The molecule has 2 aliphatic rings. The topological polar surface area (TPSA) is 98.9 Å². The van der Waals surface area contributed by atoms with Crippen molar-refractivity contribution >= 4 is 16.0 Å². The van der Waals surface area contributed by atoms with Gasteiger partial charge in [-0.05, 0) is 37.1 Å². The van der Waals surface area contributed by atoms with Gasteiger partial charge < -0.3 is 15.2 Å². The molecule has 13 heteroatoms. The number of alkyl halides is 5. The van der Waals surface area contributed by atoms with Crippen LogP contribution in [0.2, 0.25) is 0 Å². The van der Waals surface area contributed by atoms with E-state index >= 15 is 0 Å². The van der Waals surface area contributed by atoms with E-state index in [1.165, 1.54) is 0 Å². The summed E-state index contributed by atoms with van der Waals surface area (Å²) in [5.41, 5.74) is 3.79. The summed E-state index contributed by atoms with van der Waals surface area (Å²) in [7, 11) is -4.43. The third kappa shape index (κ3) is 4.16. The van der Waals surface area contributed by atoms with Gasteiger partial charge in [0.05, 0.1) is 4.90 Å². The van der Waals surface area contributed by atoms with Crippen LogP contribution in [0.15, 0.2) is 29.2 Å². The number of fused-ring (bicyclic) bond motifs is 2. The zero-order valence-corrected chi connectivity index (χ0v) is 15.6. The SMILES string of the molecule is N[C@H]1C[C@@H]2CC[C@](OC(=O)C(F)(F)F)(C1)N2S(=O)(=O)c1ccc(OC(F)F)cc1. The summed E-state index contributed by atoms with van der Waals surface area (Å²) < 4.78 is 98.7. The summed E-state index contributed by atoms with van der Waals surface area (Å²) in [6.07, 6.45) is -5.41. The summed E-state index contributed by atoms with van der Waals surface area (Å²) >= 11 is 0. The molecule has 2 N–H and O–H groups in total. The molecule has 0 aliphatic carbocycles. The number of esters is 1. The molecule has 2 aliphatic heterocycles. The number of piperidine rings is 1. The molecule has 0 aromatic heterocycles. The first-order valence-electron chi connectivity index (χ1n) is 8.50. The maximum absolute atomic E-state index is 13.1. The summed E-state index contributed by atoms with van der Waals surface area (Å²) in [6, 6.07) is 2.54. The number of carbonyl (C=O) groups excluding carboxylic acids is 1. The molecule has 3 atom stereocenters. The molecule has 29 heavy (non-hydrogen) atoms. The van der Waals surface area contributed by atoms with Gasteiger partial charge in [0.15, 0.2) is 5.72 Å². The van der Waals surface area contributed by atoms with Crippen molar-refractivity contribution < 1.29 is 44.6 Å². The molecule has 1 aromatic rings. The molecule has 2 saturated heterocycles. The van der Waals surface area contributed by atoms with Crippen LogP contribution in [0.5, 0.6) is 5.75 Å². The molecular formula is C16H17F5N2O5S. The number of hydrogen-bond acceptors (Lipinski definition) is 6. The second-order valence-corrected chi connectivity index (χ2v) is 8.69. The first kappa shape index (κ1) is 21.7. The van der Waals surface area contributed by atoms with Crippen LogP contribution in [-0.2, 0) is 19.6 Å². The highest BCUT2D eigenvalue weighted by molar-refractivity contribution is 7.89. The quantitative estimate of drug-likeness (QED) is 0.553. The molecule has 0 unspecified atom stereocenters. The van der Waals surface area contributed by atoms with Gasteiger partial charge in [-0.2, -0.15) is 26.3 Å². The van der Waals surface area contributed by atoms with Crippen LogP contribution < -0.4 is 10.5 Å². The molecule has 0 amide bonds. The van der Waals surface area contributed by atoms with Gasteiger partial charge >= 0.3 is 18.8 Å². The number of rotatable bonds is 5. The molecular weight excluding hydrogens is 427 g/mol. The third-order valence-electron chi connectivity index (χ3n) is 4.88. The lowest BCUT2D eigenvalue weighted by Gasteiger charge is -2.44. The zero-order chi connectivity index (χ0) is 21.6. The zero-order valence-electron chi connectivity index (χ0n) is 14.7. The van der Waals surface area contributed by atoms with E-state index in [0.717, 1.165) is 28.6 Å². The number of ether oxygens (including phenoxy) is 2. The molecule has 2 bridgehead atoms. The molecule has 2 fully saturated rings. The van der Waals surface area contributed by atoms with Crippen molar-refractivity contribution in [3.05, 3.63) is 24.3 Å². The van der Waals surface area contributed by atoms with Gasteiger partial charge in [0.2, 0.25) is 10.0 Å². The van der Waals surface area contributed by atoms with Crippen LogP contribution >= 0.6 is 0 Å². The van der Waals surface area contributed by atoms with E-state index in [4.69, 9.17) is 5.73 Å². The third-order valence-corrected chi connectivity index (χ3v) is 6.89. The largest absolute Gasteiger partial charge is 0.490 e. The van der Waals surface area contributed by atoms with Gasteiger partial charge in [0, 0.05) is 24.9 Å². The second kappa shape index (κ2) is 7.36. The fourth-order valence-electron chi connectivity index (χ4n) is 3.89. The number of nitrogens with two attached hydrogens (primary N) is 1. The Balaban J connectivity index is 1.96. The standard InChI is InChI=1S/C16H17F5N2O5S/c17-14(18)27-11-1-3-12(4-2-11)29(25,26)23-10-5-6-15(23,8-9(22)7-10)28-13(24)16(19,20)21/h1-4,9-10,14H,5-8,22H2/t9-,10-,15-/m0/s1. The number of benzene rings is 1. The van der Waals surface area contributed by atoms with Crippen LogP contribution in [0.1, 0.15) is 25.7 Å². The number of sulfonamides is 1. The maximum Gasteiger partial charge on any atom is 0.490 e. The lowest BCUT2D eigenvalue weighted by atomic mass is 9.98. The molecule has 3 rings (SSSR count). The smallest absolute Gasteiger partial charge is 0.436 e. The Kier molecular flexibility index (Phi) is 5.51. The Morgan fingerprint density at radius 3 is 2.41 bits per heavy atom. The number of hydrogen-bond donors (Lipinski definition) is 1. The van der Waals surface area contributed by atoms with Crippen LogP contribution in [-0.4, -0.2) is 49.3 Å². The van der Waals surface area contributed by atoms with Crippen molar-refractivity contribution in [2.75, 3.05) is 0 Å². The van der Waals surface area contributed by atoms with Crippen LogP contribution in [0, 0.1) is 0 Å². The molecule has 0 radical (unpaired) electrons. The highest BCUT2D eigenvalue weighted by Crippen LogP contribution is 2.48. The molecule has 1 aromatic carbocycles. The van der Waals surface area contributed by atoms with Gasteiger partial charge in [-0.25, -0.2) is 13.2 Å². The maximum atomic E-state index is 13.1. The van der Waals surface area contributed by atoms with E-state index in [9.17, 15) is 35.2 Å². The highest BCUT2D eigenvalue weighted by atomic mass is 32.2. The van der Waals surface area contributed by atoms with Crippen LogP contribution in [0.3, 0.4) is 0 Å². The van der Waals surface area contributed by atoms with Gasteiger partial charge in [-0.3, -0.25) is 0 Å². The van der Waals surface area contributed by atoms with Crippen LogP contribution in [0.25, 0.3) is 0 Å². The monoisotopic (exact) mass is 444 g/mol. The van der Waals surface area contributed by atoms with E-state index in [-0.39, 0.29) is 36.3 Å². The van der Waals surface area contributed by atoms with Gasteiger partial charge in [-0.15, -0.1) is 0 Å². The summed E-state index contributed by atoms with van der Waals surface area (Å²) in [5.74, 6) is -2.80. The molecule has 0 spiro atoms. The Morgan fingerprint density at radius 1 is 1.24 bits per heavy atom. The van der Waals surface area contributed by atoms with Gasteiger partial charge in [-0.1, -0.05) is 0 Å². The highest BCUT2D eigenvalue weighted by Gasteiger charge is 2.61. The predicted octanol–water partition coefficient (Wildman–Crippen LogP) is 2.36. The number of nitrogens with zero attached hydrogens (tertiary/aromatic N) is 1. The van der Waals surface area contributed by atoms with E-state index in [2.05, 4.69) is 9.47 Å². The first-order chi connectivity index (χ1) is 13.3. The summed E-state index contributed by atoms with van der Waals surface area (Å²) in [5, 5.41) is 0. The Bertz CT molecular complexity index is 877. The first-order valence-corrected chi connectivity index (χ1v) is 9.94. The van der Waals surface area contributed by atoms with E-state index in [1.807, 2.05) is 0 Å². The predicted molar refractivity (Wildman–Crippen MR) is 87.2 cm³/mol. The van der Waals surface area contributed by atoms with Crippen molar-refractivity contribution in [1.29, 1.82) is 0 Å². The van der Waals surface area contributed by atoms with Gasteiger partial charge in [0.25, 0.3) is 0 Å². The molecule has 162 valence electrons. The van der Waals surface area contributed by atoms with E-state index in [0.29, 0.717) is 0 Å². The molecule has 2 heterocycles. The van der Waals surface area contributed by atoms with Crippen LogP contribution in [0.4, 0.5) is 22.0 Å². The summed E-state index contributed by atoms with van der Waals surface area (Å²) in [4.78, 5) is 11.1. The van der Waals surface area contributed by atoms with E-state index < -0.39 is 46.6 Å². The minimum atomic E-state index is -5.31. The Labute approximate surface area is 162 Å². The molecule has 7 nitrogen and oxygen atoms in total. The normalized spacial score (nSPS) is 27.8. The second-order valence-electron chi connectivity index (χ2n) is 6.88. The number of carbonyl (C=O) groups is 1. The van der Waals surface area contributed by atoms with Gasteiger partial charge in [0.1, 0.15) is 5.75 Å². The van der Waals surface area contributed by atoms with Crippen molar-refractivity contribution in [3.63, 3.8) is 0 Å². The van der Waals surface area contributed by atoms with Crippen molar-refractivity contribution in [2.45, 2.75) is 61.2 Å². The van der Waals surface area contributed by atoms with E-state index in [1.54, 1.807) is 0 Å². The average molecular weight is 444 g/mol. The average Bonchev–Trinajstić information content (AvgIpc) is 2.83. The fraction of sp³-hybridized carbons (Fsp3) is 0.562. The summed E-state index contributed by atoms with van der Waals surface area (Å²) in [6.45, 7) is -3.11. The lowest BCUT2D eigenvalue weighted by molar-refractivity contribution is -0.226. The Hall–Kier alpha value is -1.99. The minimum Gasteiger partial charge on any atom is -0.436 e. The molecule has 0 saturated carbocycles. The fourth-order valence-corrected chi connectivity index (χ4v) is 5.82. The van der Waals surface area contributed by atoms with Crippen molar-refractivity contribution in [1.82, 2.24) is 4.31 Å². The number of halogens is 5.